The molecule has 5 saturated carbocycles. The topological polar surface area (TPSA) is 49.7 Å². The Hall–Kier alpha value is -0.820. The van der Waals surface area contributed by atoms with Crippen LogP contribution in [0.3, 0.4) is 0 Å². The van der Waals surface area contributed by atoms with Gasteiger partial charge in [-0.25, -0.2) is 0 Å². The molecule has 236 valence electrons. The van der Waals surface area contributed by atoms with Crippen LogP contribution in [-0.2, 0) is 9.47 Å². The van der Waals surface area contributed by atoms with E-state index >= 15 is 0 Å². The van der Waals surface area contributed by atoms with Crippen molar-refractivity contribution in [2.45, 2.75) is 165 Å². The van der Waals surface area contributed by atoms with Crippen molar-refractivity contribution in [2.24, 2.45) is 33.7 Å². The Morgan fingerprint density at radius 1 is 0.476 bits per heavy atom. The maximum Gasteiger partial charge on any atom is 0.0996 e. The number of ether oxygens (including phenoxy) is 2. The summed E-state index contributed by atoms with van der Waals surface area (Å²) >= 11 is 0. The molecule has 0 N–H and O–H groups in total. The van der Waals surface area contributed by atoms with Crippen LogP contribution in [-0.4, -0.2) is 85.2 Å². The highest BCUT2D eigenvalue weighted by atomic mass is 16.5. The van der Waals surface area contributed by atoms with Gasteiger partial charge in [-0.05, 0) is 114 Å². The summed E-state index contributed by atoms with van der Waals surface area (Å²) in [7, 11) is 0. The van der Waals surface area contributed by atoms with Crippen molar-refractivity contribution in [3.8, 4) is 0 Å². The van der Waals surface area contributed by atoms with E-state index in [4.69, 9.17) is 19.5 Å². The Morgan fingerprint density at radius 3 is 1.33 bits per heavy atom. The van der Waals surface area contributed by atoms with Crippen molar-refractivity contribution in [3.05, 3.63) is 0 Å². The normalized spacial score (nSPS) is 42.1. The van der Waals surface area contributed by atoms with E-state index in [-0.39, 0.29) is 0 Å². The van der Waals surface area contributed by atoms with Crippen LogP contribution in [0.1, 0.15) is 128 Å². The number of hydrogen-bond donors (Lipinski definition) is 0. The summed E-state index contributed by atoms with van der Waals surface area (Å²) in [6, 6.07) is 2.59. The number of nitrogens with zero attached hydrogens (tertiary/aromatic N) is 4. The van der Waals surface area contributed by atoms with Crippen LogP contribution >= 0.6 is 0 Å². The third-order valence-corrected chi connectivity index (χ3v) is 12.6. The van der Waals surface area contributed by atoms with E-state index in [1.54, 1.807) is 0 Å². The highest BCUT2D eigenvalue weighted by molar-refractivity contribution is 5.64. The largest absolute Gasteiger partial charge is 0.362 e. The van der Waals surface area contributed by atoms with Crippen molar-refractivity contribution in [1.29, 1.82) is 0 Å². The third kappa shape index (κ3) is 7.51. The molecular weight excluding hydrogens is 520 g/mol. The van der Waals surface area contributed by atoms with Gasteiger partial charge in [0.25, 0.3) is 0 Å². The first-order valence-corrected chi connectivity index (χ1v) is 18.5. The van der Waals surface area contributed by atoms with Gasteiger partial charge in [0.1, 0.15) is 0 Å². The summed E-state index contributed by atoms with van der Waals surface area (Å²) in [5.74, 6) is 2.73. The van der Waals surface area contributed by atoms with Gasteiger partial charge < -0.3 is 9.47 Å². The van der Waals surface area contributed by atoms with Crippen LogP contribution < -0.4 is 0 Å². The second-order valence-electron chi connectivity index (χ2n) is 15.5. The lowest BCUT2D eigenvalue weighted by atomic mass is 9.80. The molecule has 42 heavy (non-hydrogen) atoms. The second-order valence-corrected chi connectivity index (χ2v) is 15.5. The monoisotopic (exact) mass is 580 g/mol. The van der Waals surface area contributed by atoms with Gasteiger partial charge in [-0.15, -0.1) is 0 Å². The Balaban J connectivity index is 0.827. The van der Waals surface area contributed by atoms with Crippen molar-refractivity contribution in [1.82, 2.24) is 9.80 Å². The lowest BCUT2D eigenvalue weighted by Gasteiger charge is -2.46. The van der Waals surface area contributed by atoms with Crippen LogP contribution in [0.2, 0.25) is 0 Å². The summed E-state index contributed by atoms with van der Waals surface area (Å²) in [6.45, 7) is 4.25. The first-order chi connectivity index (χ1) is 20.8. The van der Waals surface area contributed by atoms with E-state index in [9.17, 15) is 0 Å². The van der Waals surface area contributed by atoms with Crippen molar-refractivity contribution in [3.63, 3.8) is 0 Å². The summed E-state index contributed by atoms with van der Waals surface area (Å²) < 4.78 is 12.8. The second kappa shape index (κ2) is 14.5. The first kappa shape index (κ1) is 29.9. The maximum absolute atomic E-state index is 6.38. The molecule has 6 nitrogen and oxygen atoms in total. The minimum absolute atomic E-state index is 0.488. The quantitative estimate of drug-likeness (QED) is 0.311. The number of fused-ring (bicyclic) bond motifs is 2. The molecule has 0 radical (unpaired) electrons. The molecule has 2 aliphatic heterocycles. The van der Waals surface area contributed by atoms with Gasteiger partial charge in [-0.1, -0.05) is 38.5 Å². The lowest BCUT2D eigenvalue weighted by molar-refractivity contribution is -0.135. The number of rotatable bonds is 6. The molecule has 7 fully saturated rings. The highest BCUT2D eigenvalue weighted by Gasteiger charge is 2.39. The zero-order valence-corrected chi connectivity index (χ0v) is 26.5. The minimum Gasteiger partial charge on any atom is -0.362 e. The SMILES string of the molecule is C(=NC1CCC2OCN(C3CCCCC3)CC2C1)C1CCC(C=NC2CCC3OCN(C4CCCCC4)CC3C2)CC1. The van der Waals surface area contributed by atoms with E-state index in [2.05, 4.69) is 22.2 Å². The Morgan fingerprint density at radius 2 is 0.905 bits per heavy atom. The number of aliphatic imine (C=N–C) groups is 2. The Bertz CT molecular complexity index is 819. The van der Waals surface area contributed by atoms with Crippen molar-refractivity contribution in [2.75, 3.05) is 26.6 Å². The summed E-state index contributed by atoms with van der Waals surface area (Å²) in [6.07, 6.45) is 32.2. The molecule has 7 rings (SSSR count). The van der Waals surface area contributed by atoms with Gasteiger partial charge >= 0.3 is 0 Å². The van der Waals surface area contributed by atoms with Crippen LogP contribution in [0, 0.1) is 23.7 Å². The third-order valence-electron chi connectivity index (χ3n) is 12.6. The fourth-order valence-corrected chi connectivity index (χ4v) is 9.94. The molecule has 0 amide bonds. The van der Waals surface area contributed by atoms with E-state index in [0.717, 1.165) is 25.5 Å². The molecule has 2 heterocycles. The van der Waals surface area contributed by atoms with Crippen LogP contribution in [0.25, 0.3) is 0 Å². The Kier molecular flexibility index (Phi) is 10.3. The van der Waals surface area contributed by atoms with Gasteiger partial charge in [0.05, 0.1) is 37.8 Å². The molecule has 0 bridgehead atoms. The molecule has 0 aromatic rings. The zero-order valence-electron chi connectivity index (χ0n) is 26.5. The molecule has 6 heteroatoms. The van der Waals surface area contributed by atoms with Gasteiger partial charge in [-0.3, -0.25) is 19.8 Å². The standard InChI is InChI=1S/C36H60N4O2/c1-3-7-33(8-4-1)39-23-29-19-31(15-17-35(29)41-25-39)37-21-27-11-13-28(14-12-27)22-38-32-16-18-36-30(20-32)24-40(26-42-36)34-9-5-2-6-10-34/h21-22,27-36H,1-20,23-26H2. The molecule has 6 unspecified atom stereocenters. The molecule has 0 aromatic heterocycles. The van der Waals surface area contributed by atoms with Gasteiger partial charge in [0, 0.05) is 37.6 Å². The molecule has 5 aliphatic carbocycles. The Labute approximate surface area is 256 Å². The maximum atomic E-state index is 6.38. The highest BCUT2D eigenvalue weighted by Crippen LogP contribution is 2.37. The number of hydrogen-bond acceptors (Lipinski definition) is 6. The molecule has 6 atom stereocenters. The molecule has 2 saturated heterocycles. The molecular formula is C36H60N4O2. The van der Waals surface area contributed by atoms with Crippen molar-refractivity contribution >= 4 is 12.4 Å². The smallest absolute Gasteiger partial charge is 0.0996 e. The molecule has 7 aliphatic rings. The molecule has 0 spiro atoms. The first-order valence-electron chi connectivity index (χ1n) is 18.5. The minimum atomic E-state index is 0.488. The molecule has 0 aromatic carbocycles. The van der Waals surface area contributed by atoms with Crippen LogP contribution in [0.15, 0.2) is 9.98 Å². The predicted molar refractivity (Wildman–Crippen MR) is 171 cm³/mol. The van der Waals surface area contributed by atoms with E-state index in [1.807, 2.05) is 0 Å². The van der Waals surface area contributed by atoms with E-state index < -0.39 is 0 Å². The average Bonchev–Trinajstić information content (AvgIpc) is 3.07. The van der Waals surface area contributed by atoms with E-state index in [1.165, 1.54) is 142 Å². The average molecular weight is 581 g/mol. The van der Waals surface area contributed by atoms with Crippen molar-refractivity contribution < 1.29 is 9.47 Å². The summed E-state index contributed by atoms with van der Waals surface area (Å²) in [5, 5.41) is 0. The van der Waals surface area contributed by atoms with Gasteiger partial charge in [0.2, 0.25) is 0 Å². The fourth-order valence-electron chi connectivity index (χ4n) is 9.94. The fraction of sp³-hybridized carbons (Fsp3) is 0.944. The lowest BCUT2D eigenvalue weighted by Crippen LogP contribution is -2.52. The predicted octanol–water partition coefficient (Wildman–Crippen LogP) is 7.25. The van der Waals surface area contributed by atoms with Crippen LogP contribution in [0.4, 0.5) is 0 Å². The van der Waals surface area contributed by atoms with Gasteiger partial charge in [0.15, 0.2) is 0 Å². The van der Waals surface area contributed by atoms with E-state index in [0.29, 0.717) is 48.0 Å². The van der Waals surface area contributed by atoms with Gasteiger partial charge in [-0.2, -0.15) is 0 Å². The zero-order chi connectivity index (χ0) is 28.1. The summed E-state index contributed by atoms with van der Waals surface area (Å²) in [5.41, 5.74) is 0. The summed E-state index contributed by atoms with van der Waals surface area (Å²) in [4.78, 5) is 15.8. The van der Waals surface area contributed by atoms with Crippen LogP contribution in [0.5, 0.6) is 0 Å².